The minimum Gasteiger partial charge on any atom is -0.0772 e. The normalized spacial score (nSPS) is 29.1. The van der Waals surface area contributed by atoms with Crippen LogP contribution in [-0.4, -0.2) is 0 Å². The van der Waals surface area contributed by atoms with Crippen LogP contribution < -0.4 is 0 Å². The van der Waals surface area contributed by atoms with E-state index in [2.05, 4.69) is 27.7 Å². The third kappa shape index (κ3) is 2.59. The molecule has 0 aromatic rings. The van der Waals surface area contributed by atoms with Gasteiger partial charge in [-0.05, 0) is 44.9 Å². The van der Waals surface area contributed by atoms with E-state index in [9.17, 15) is 0 Å². The highest BCUT2D eigenvalue weighted by Crippen LogP contribution is 2.38. The molecule has 1 aliphatic rings. The van der Waals surface area contributed by atoms with Crippen molar-refractivity contribution in [1.82, 2.24) is 0 Å². The van der Waals surface area contributed by atoms with E-state index >= 15 is 0 Å². The highest BCUT2D eigenvalue weighted by Gasteiger charge is 2.24. The average molecular weight is 180 g/mol. The molecule has 0 saturated heterocycles. The Hall–Kier alpha value is -0.260. The number of hydrogen-bond donors (Lipinski definition) is 0. The van der Waals surface area contributed by atoms with Crippen LogP contribution in [-0.2, 0) is 0 Å². The lowest BCUT2D eigenvalue weighted by atomic mass is 9.73. The first-order valence-corrected chi connectivity index (χ1v) is 5.84. The van der Waals surface area contributed by atoms with E-state index in [1.807, 2.05) is 0 Å². The monoisotopic (exact) mass is 180 g/mol. The number of hydrogen-bond acceptors (Lipinski definition) is 0. The van der Waals surface area contributed by atoms with Gasteiger partial charge in [-0.2, -0.15) is 0 Å². The van der Waals surface area contributed by atoms with Crippen molar-refractivity contribution < 1.29 is 0 Å². The Balaban J connectivity index is 2.63. The van der Waals surface area contributed by atoms with E-state index in [4.69, 9.17) is 0 Å². The van der Waals surface area contributed by atoms with Crippen molar-refractivity contribution >= 4 is 0 Å². The largest absolute Gasteiger partial charge is 0.0772 e. The first-order chi connectivity index (χ1) is 6.19. The molecule has 2 atom stereocenters. The zero-order chi connectivity index (χ0) is 9.84. The third-order valence-corrected chi connectivity index (χ3v) is 3.75. The Morgan fingerprint density at radius 2 is 1.77 bits per heavy atom. The van der Waals surface area contributed by atoms with Crippen LogP contribution in [0.4, 0.5) is 0 Å². The maximum atomic E-state index is 2.35. The van der Waals surface area contributed by atoms with Crippen molar-refractivity contribution in [2.24, 2.45) is 11.8 Å². The van der Waals surface area contributed by atoms with Gasteiger partial charge in [0.2, 0.25) is 0 Å². The van der Waals surface area contributed by atoms with Crippen molar-refractivity contribution in [3.05, 3.63) is 11.1 Å². The topological polar surface area (TPSA) is 0 Å². The Morgan fingerprint density at radius 3 is 2.23 bits per heavy atom. The van der Waals surface area contributed by atoms with Gasteiger partial charge < -0.3 is 0 Å². The molecule has 0 spiro atoms. The summed E-state index contributed by atoms with van der Waals surface area (Å²) >= 11 is 0. The van der Waals surface area contributed by atoms with Crippen LogP contribution in [0.5, 0.6) is 0 Å². The molecule has 0 amide bonds. The van der Waals surface area contributed by atoms with Crippen LogP contribution in [0, 0.1) is 11.8 Å². The standard InChI is InChI=1S/C13H24/c1-5-11-7-8-13(10(3)4)9-12(11)6-2/h11-12H,5-9H2,1-4H3/t11-,12-/m0/s1. The van der Waals surface area contributed by atoms with Gasteiger partial charge in [-0.25, -0.2) is 0 Å². The highest BCUT2D eigenvalue weighted by atomic mass is 14.3. The van der Waals surface area contributed by atoms with Gasteiger partial charge in [-0.15, -0.1) is 0 Å². The van der Waals surface area contributed by atoms with Gasteiger partial charge in [0, 0.05) is 0 Å². The summed E-state index contributed by atoms with van der Waals surface area (Å²) in [4.78, 5) is 0. The number of allylic oxidation sites excluding steroid dienone is 2. The van der Waals surface area contributed by atoms with Gasteiger partial charge in [0.25, 0.3) is 0 Å². The lowest BCUT2D eigenvalue weighted by Crippen LogP contribution is -2.19. The molecule has 1 fully saturated rings. The van der Waals surface area contributed by atoms with Gasteiger partial charge in [-0.3, -0.25) is 0 Å². The summed E-state index contributed by atoms with van der Waals surface area (Å²) in [6.45, 7) is 9.24. The predicted octanol–water partition coefficient (Wildman–Crippen LogP) is 4.56. The van der Waals surface area contributed by atoms with E-state index in [0.29, 0.717) is 0 Å². The lowest BCUT2D eigenvalue weighted by molar-refractivity contribution is 0.260. The van der Waals surface area contributed by atoms with Crippen LogP contribution in [0.3, 0.4) is 0 Å². The lowest BCUT2D eigenvalue weighted by Gasteiger charge is -2.32. The average Bonchev–Trinajstić information content (AvgIpc) is 2.16. The fourth-order valence-electron chi connectivity index (χ4n) is 2.65. The molecule has 0 radical (unpaired) electrons. The SMILES string of the molecule is CC[C@H]1CCC(=C(C)C)C[C@@H]1CC. The predicted molar refractivity (Wildman–Crippen MR) is 59.8 cm³/mol. The summed E-state index contributed by atoms with van der Waals surface area (Å²) in [6, 6.07) is 0. The molecule has 0 N–H and O–H groups in total. The zero-order valence-corrected chi connectivity index (χ0v) is 9.69. The number of rotatable bonds is 2. The first kappa shape index (κ1) is 10.8. The highest BCUT2D eigenvalue weighted by molar-refractivity contribution is 5.13. The molecule has 0 bridgehead atoms. The Labute approximate surface area is 83.4 Å². The Bertz CT molecular complexity index is 184. The molecule has 1 rings (SSSR count). The summed E-state index contributed by atoms with van der Waals surface area (Å²) in [5.74, 6) is 1.98. The smallest absolute Gasteiger partial charge is 0.0287 e. The fourth-order valence-corrected chi connectivity index (χ4v) is 2.65. The minimum atomic E-state index is 0.976. The van der Waals surface area contributed by atoms with Crippen molar-refractivity contribution in [2.75, 3.05) is 0 Å². The summed E-state index contributed by atoms with van der Waals surface area (Å²) in [5, 5.41) is 0. The van der Waals surface area contributed by atoms with Crippen molar-refractivity contribution in [3.8, 4) is 0 Å². The van der Waals surface area contributed by atoms with Gasteiger partial charge in [0.1, 0.15) is 0 Å². The van der Waals surface area contributed by atoms with E-state index in [-0.39, 0.29) is 0 Å². The van der Waals surface area contributed by atoms with E-state index in [0.717, 1.165) is 11.8 Å². The van der Waals surface area contributed by atoms with Gasteiger partial charge in [-0.1, -0.05) is 37.8 Å². The summed E-state index contributed by atoms with van der Waals surface area (Å²) < 4.78 is 0. The van der Waals surface area contributed by atoms with Crippen LogP contribution in [0.15, 0.2) is 11.1 Å². The summed E-state index contributed by atoms with van der Waals surface area (Å²) in [6.07, 6.45) is 6.95. The van der Waals surface area contributed by atoms with E-state index in [1.54, 1.807) is 11.1 Å². The third-order valence-electron chi connectivity index (χ3n) is 3.75. The van der Waals surface area contributed by atoms with Gasteiger partial charge >= 0.3 is 0 Å². The minimum absolute atomic E-state index is 0.976. The molecular weight excluding hydrogens is 156 g/mol. The summed E-state index contributed by atoms with van der Waals surface area (Å²) in [5.41, 5.74) is 3.32. The molecule has 0 heteroatoms. The molecule has 76 valence electrons. The van der Waals surface area contributed by atoms with E-state index in [1.165, 1.54) is 32.1 Å². The van der Waals surface area contributed by atoms with Gasteiger partial charge in [0.15, 0.2) is 0 Å². The molecule has 13 heavy (non-hydrogen) atoms. The molecular formula is C13H24. The first-order valence-electron chi connectivity index (χ1n) is 5.84. The maximum Gasteiger partial charge on any atom is -0.0287 e. The van der Waals surface area contributed by atoms with E-state index < -0.39 is 0 Å². The Kier molecular flexibility index (Phi) is 4.02. The van der Waals surface area contributed by atoms with Gasteiger partial charge in [0.05, 0.1) is 0 Å². The van der Waals surface area contributed by atoms with Crippen LogP contribution >= 0.6 is 0 Å². The molecule has 0 heterocycles. The molecule has 1 saturated carbocycles. The second-order valence-corrected chi connectivity index (χ2v) is 4.68. The second-order valence-electron chi connectivity index (χ2n) is 4.68. The van der Waals surface area contributed by atoms with Crippen molar-refractivity contribution in [3.63, 3.8) is 0 Å². The molecule has 1 aliphatic carbocycles. The van der Waals surface area contributed by atoms with Crippen molar-refractivity contribution in [1.29, 1.82) is 0 Å². The molecule has 0 aromatic carbocycles. The second kappa shape index (κ2) is 4.83. The zero-order valence-electron chi connectivity index (χ0n) is 9.69. The molecule has 0 unspecified atom stereocenters. The molecule has 0 aromatic heterocycles. The van der Waals surface area contributed by atoms with Crippen LogP contribution in [0.2, 0.25) is 0 Å². The molecule has 0 aliphatic heterocycles. The van der Waals surface area contributed by atoms with Crippen LogP contribution in [0.1, 0.15) is 59.8 Å². The van der Waals surface area contributed by atoms with Crippen LogP contribution in [0.25, 0.3) is 0 Å². The summed E-state index contributed by atoms with van der Waals surface area (Å²) in [7, 11) is 0. The molecule has 0 nitrogen and oxygen atoms in total. The fraction of sp³-hybridized carbons (Fsp3) is 0.846. The Morgan fingerprint density at radius 1 is 1.15 bits per heavy atom. The van der Waals surface area contributed by atoms with Crippen molar-refractivity contribution in [2.45, 2.75) is 59.8 Å². The maximum absolute atomic E-state index is 2.35. The quantitative estimate of drug-likeness (QED) is 0.546.